The number of anilines is 1. The van der Waals surface area contributed by atoms with Crippen LogP contribution in [0.3, 0.4) is 0 Å². The number of hydrogen-bond acceptors (Lipinski definition) is 8. The average Bonchev–Trinajstić information content (AvgIpc) is 3.28. The fraction of sp³-hybridized carbons (Fsp3) is 0.516. The van der Waals surface area contributed by atoms with Gasteiger partial charge >= 0.3 is 12.0 Å². The van der Waals surface area contributed by atoms with E-state index in [9.17, 15) is 33.6 Å². The number of nitrogens with one attached hydrogen (secondary N) is 3. The van der Waals surface area contributed by atoms with Gasteiger partial charge in [0.2, 0.25) is 11.8 Å². The Kier molecular flexibility index (Phi) is 14.7. The zero-order valence-electron chi connectivity index (χ0n) is 25.6. The van der Waals surface area contributed by atoms with Crippen LogP contribution in [0.15, 0.2) is 36.4 Å². The largest absolute Gasteiger partial charge is 0.461 e. The van der Waals surface area contributed by atoms with Crippen LogP contribution in [-0.2, 0) is 40.1 Å². The summed E-state index contributed by atoms with van der Waals surface area (Å²) in [7, 11) is 0. The van der Waals surface area contributed by atoms with E-state index in [0.717, 1.165) is 10.5 Å². The normalized spacial score (nSPS) is 13.9. The second-order valence-electron chi connectivity index (χ2n) is 11.0. The van der Waals surface area contributed by atoms with Gasteiger partial charge in [-0.1, -0.05) is 32.4 Å². The smallest absolute Gasteiger partial charge is 0.312 e. The third-order valence-electron chi connectivity index (χ3n) is 7.03. The summed E-state index contributed by atoms with van der Waals surface area (Å²) in [5.41, 5.74) is 6.37. The van der Waals surface area contributed by atoms with Crippen LogP contribution < -0.4 is 21.7 Å². The quantitative estimate of drug-likeness (QED) is 0.104. The molecule has 0 saturated carbocycles. The van der Waals surface area contributed by atoms with E-state index < -0.39 is 24.0 Å². The number of ether oxygens (including phenoxy) is 1. The molecule has 0 aliphatic carbocycles. The molecule has 0 radical (unpaired) electrons. The van der Waals surface area contributed by atoms with Crippen LogP contribution in [0.2, 0.25) is 0 Å². The number of urea groups is 1. The van der Waals surface area contributed by atoms with E-state index in [2.05, 4.69) is 16.0 Å². The summed E-state index contributed by atoms with van der Waals surface area (Å²) < 4.78 is 4.97. The molecule has 6 amide bonds. The van der Waals surface area contributed by atoms with E-state index in [1.807, 2.05) is 13.8 Å². The first-order valence-corrected chi connectivity index (χ1v) is 14.8. The van der Waals surface area contributed by atoms with Crippen LogP contribution in [0.1, 0.15) is 71.3 Å². The van der Waals surface area contributed by atoms with Gasteiger partial charge in [0.05, 0.1) is 6.04 Å². The first-order valence-electron chi connectivity index (χ1n) is 14.8. The van der Waals surface area contributed by atoms with Gasteiger partial charge in [-0.05, 0) is 49.3 Å². The van der Waals surface area contributed by atoms with Crippen molar-refractivity contribution in [1.29, 1.82) is 0 Å². The Balaban J connectivity index is 1.94. The molecule has 1 aliphatic heterocycles. The SMILES string of the molecule is CC(=O)OCc1ccc(NC(=O)[C@H](CCCNC(N)=O)CC(=O)[C@@H](NC(=O)CCCCCN2C(=O)C=CC2=O)C(C)C)cc1. The van der Waals surface area contributed by atoms with Crippen molar-refractivity contribution in [3.05, 3.63) is 42.0 Å². The van der Waals surface area contributed by atoms with Gasteiger partial charge in [0, 0.05) is 56.6 Å². The van der Waals surface area contributed by atoms with Gasteiger partial charge < -0.3 is 26.4 Å². The van der Waals surface area contributed by atoms with Crippen molar-refractivity contribution in [2.75, 3.05) is 18.4 Å². The van der Waals surface area contributed by atoms with E-state index in [-0.39, 0.29) is 67.9 Å². The van der Waals surface area contributed by atoms with Crippen LogP contribution in [0.5, 0.6) is 0 Å². The molecule has 1 aliphatic rings. The van der Waals surface area contributed by atoms with Gasteiger partial charge in [0.1, 0.15) is 6.61 Å². The molecule has 44 heavy (non-hydrogen) atoms. The van der Waals surface area contributed by atoms with Gasteiger partial charge in [-0.25, -0.2) is 4.79 Å². The number of imide groups is 1. The van der Waals surface area contributed by atoms with Crippen LogP contribution in [0.25, 0.3) is 0 Å². The minimum absolute atomic E-state index is 0.105. The van der Waals surface area contributed by atoms with Crippen LogP contribution in [0, 0.1) is 11.8 Å². The number of nitrogens with two attached hydrogens (primary N) is 1. The molecule has 2 rings (SSSR count). The lowest BCUT2D eigenvalue weighted by molar-refractivity contribution is -0.142. The van der Waals surface area contributed by atoms with Gasteiger partial charge in [0.15, 0.2) is 5.78 Å². The predicted octanol–water partition coefficient (Wildman–Crippen LogP) is 2.34. The molecule has 0 spiro atoms. The highest BCUT2D eigenvalue weighted by atomic mass is 16.5. The number of hydrogen-bond donors (Lipinski definition) is 4. The summed E-state index contributed by atoms with van der Waals surface area (Å²) in [4.78, 5) is 85.8. The van der Waals surface area contributed by atoms with Crippen LogP contribution in [-0.4, -0.2) is 65.4 Å². The van der Waals surface area contributed by atoms with E-state index in [1.54, 1.807) is 24.3 Å². The molecular formula is C31H43N5O8. The highest BCUT2D eigenvalue weighted by Gasteiger charge is 2.29. The summed E-state index contributed by atoms with van der Waals surface area (Å²) in [6, 6.07) is 5.27. The van der Waals surface area contributed by atoms with Crippen LogP contribution in [0.4, 0.5) is 10.5 Å². The summed E-state index contributed by atoms with van der Waals surface area (Å²) in [6.07, 6.45) is 4.92. The molecule has 13 heteroatoms. The maximum Gasteiger partial charge on any atom is 0.312 e. The first-order chi connectivity index (χ1) is 20.9. The molecule has 240 valence electrons. The number of nitrogens with zero attached hydrogens (tertiary/aromatic N) is 1. The minimum atomic E-state index is -0.798. The van der Waals surface area contributed by atoms with Gasteiger partial charge in [-0.3, -0.25) is 33.7 Å². The number of Topliss-reactive ketones (excluding diaryl/α,β-unsaturated/α-hetero) is 1. The zero-order valence-corrected chi connectivity index (χ0v) is 25.6. The maximum atomic E-state index is 13.4. The van der Waals surface area contributed by atoms with Crippen molar-refractivity contribution in [3.63, 3.8) is 0 Å². The van der Waals surface area contributed by atoms with Crippen molar-refractivity contribution in [1.82, 2.24) is 15.5 Å². The standard InChI is InChI=1S/C31H43N5O8/c1-20(2)29(35-26(39)9-5-4-6-17-36-27(40)14-15-28(36)41)25(38)18-23(8-7-16-33-31(32)43)30(42)34-24-12-10-22(11-13-24)19-44-21(3)37/h10-15,20,23,29H,4-9,16-19H2,1-3H3,(H,34,42)(H,35,39)(H3,32,33,43)/t23-,29+/m1/s1. The monoisotopic (exact) mass is 613 g/mol. The fourth-order valence-electron chi connectivity index (χ4n) is 4.62. The molecular weight excluding hydrogens is 570 g/mol. The topological polar surface area (TPSA) is 194 Å². The van der Waals surface area contributed by atoms with Gasteiger partial charge in [-0.2, -0.15) is 0 Å². The summed E-state index contributed by atoms with van der Waals surface area (Å²) in [6.45, 7) is 5.56. The molecule has 1 aromatic rings. The zero-order chi connectivity index (χ0) is 32.6. The number of unbranched alkanes of at least 4 members (excludes halogenated alkanes) is 2. The van der Waals surface area contributed by atoms with Crippen molar-refractivity contribution >= 4 is 47.1 Å². The van der Waals surface area contributed by atoms with Crippen LogP contribution >= 0.6 is 0 Å². The number of primary amides is 1. The van der Waals surface area contributed by atoms with Gasteiger partial charge in [-0.15, -0.1) is 0 Å². The maximum absolute atomic E-state index is 13.4. The van der Waals surface area contributed by atoms with E-state index in [0.29, 0.717) is 37.8 Å². The lowest BCUT2D eigenvalue weighted by Gasteiger charge is -2.24. The number of carbonyl (C=O) groups is 7. The van der Waals surface area contributed by atoms with Crippen molar-refractivity contribution < 1.29 is 38.3 Å². The number of ketones is 1. The Hall–Kier alpha value is -4.55. The summed E-state index contributed by atoms with van der Waals surface area (Å²) in [5, 5.41) is 8.10. The second-order valence-corrected chi connectivity index (χ2v) is 11.0. The molecule has 0 aromatic heterocycles. The highest BCUT2D eigenvalue weighted by molar-refractivity contribution is 6.12. The van der Waals surface area contributed by atoms with Crippen molar-refractivity contribution in [2.45, 2.75) is 78.4 Å². The second kappa shape index (κ2) is 18.2. The Labute approximate surface area is 257 Å². The molecule has 2 atom stereocenters. The number of esters is 1. The van der Waals surface area contributed by atoms with Gasteiger partial charge in [0.25, 0.3) is 11.8 Å². The van der Waals surface area contributed by atoms with E-state index >= 15 is 0 Å². The minimum Gasteiger partial charge on any atom is -0.461 e. The third-order valence-corrected chi connectivity index (χ3v) is 7.03. The molecule has 5 N–H and O–H groups in total. The fourth-order valence-corrected chi connectivity index (χ4v) is 4.62. The Morgan fingerprint density at radius 1 is 0.932 bits per heavy atom. The highest BCUT2D eigenvalue weighted by Crippen LogP contribution is 2.20. The number of benzene rings is 1. The van der Waals surface area contributed by atoms with E-state index in [1.165, 1.54) is 19.1 Å². The molecule has 1 aromatic carbocycles. The number of carbonyl (C=O) groups excluding carboxylic acids is 7. The van der Waals surface area contributed by atoms with E-state index in [4.69, 9.17) is 10.5 Å². The van der Waals surface area contributed by atoms with Crippen molar-refractivity contribution in [3.8, 4) is 0 Å². The molecule has 1 heterocycles. The molecule has 0 fully saturated rings. The Bertz CT molecular complexity index is 1210. The molecule has 0 bridgehead atoms. The third kappa shape index (κ3) is 12.8. The lowest BCUT2D eigenvalue weighted by Crippen LogP contribution is -2.45. The summed E-state index contributed by atoms with van der Waals surface area (Å²) in [5.74, 6) is -3.01. The first kappa shape index (κ1) is 35.6. The predicted molar refractivity (Wildman–Crippen MR) is 162 cm³/mol. The molecule has 0 saturated heterocycles. The number of rotatable bonds is 19. The molecule has 13 nitrogen and oxygen atoms in total. The molecule has 0 unspecified atom stereocenters. The Morgan fingerprint density at radius 3 is 2.18 bits per heavy atom. The average molecular weight is 614 g/mol. The number of amides is 6. The Morgan fingerprint density at radius 2 is 1.59 bits per heavy atom. The lowest BCUT2D eigenvalue weighted by atomic mass is 9.89. The van der Waals surface area contributed by atoms with Crippen molar-refractivity contribution in [2.24, 2.45) is 17.6 Å². The summed E-state index contributed by atoms with van der Waals surface area (Å²) >= 11 is 0.